The molecule has 40 heavy (non-hydrogen) atoms. The molecule has 0 saturated carbocycles. The maximum Gasteiger partial charge on any atom is 0.410 e. The second kappa shape index (κ2) is 12.4. The molecule has 0 radical (unpaired) electrons. The van der Waals surface area contributed by atoms with Crippen LogP contribution in [0.15, 0.2) is 48.5 Å². The first-order valence-corrected chi connectivity index (χ1v) is 13.6. The van der Waals surface area contributed by atoms with Crippen molar-refractivity contribution in [2.24, 2.45) is 0 Å². The third kappa shape index (κ3) is 7.13. The molecule has 1 N–H and O–H groups in total. The number of hydrogen-bond acceptors (Lipinski definition) is 7. The van der Waals surface area contributed by atoms with E-state index < -0.39 is 5.60 Å². The minimum absolute atomic E-state index is 0.0220. The van der Waals surface area contributed by atoms with Gasteiger partial charge in [0.25, 0.3) is 0 Å². The smallest absolute Gasteiger partial charge is 0.410 e. The maximum absolute atomic E-state index is 12.4. The number of benzene rings is 2. The van der Waals surface area contributed by atoms with E-state index in [0.717, 1.165) is 28.6 Å². The monoisotopic (exact) mass is 547 g/mol. The molecule has 1 aliphatic heterocycles. The van der Waals surface area contributed by atoms with Crippen LogP contribution in [0.1, 0.15) is 56.9 Å². The third-order valence-corrected chi connectivity index (χ3v) is 6.84. The fraction of sp³-hybridized carbons (Fsp3) is 0.452. The van der Waals surface area contributed by atoms with Gasteiger partial charge in [0.2, 0.25) is 0 Å². The number of amides is 1. The third-order valence-electron chi connectivity index (χ3n) is 6.84. The Balaban J connectivity index is 1.46. The number of fused-ring (bicyclic) bond motifs is 1. The maximum atomic E-state index is 12.4. The normalized spacial score (nSPS) is 16.0. The summed E-state index contributed by atoms with van der Waals surface area (Å²) < 4.78 is 18.6. The minimum atomic E-state index is -0.540. The van der Waals surface area contributed by atoms with E-state index in [0.29, 0.717) is 30.8 Å². The van der Waals surface area contributed by atoms with Gasteiger partial charge in [-0.2, -0.15) is 5.26 Å². The fourth-order valence-electron chi connectivity index (χ4n) is 4.94. The molecule has 4 rings (SSSR count). The van der Waals surface area contributed by atoms with Crippen molar-refractivity contribution in [3.8, 4) is 11.8 Å². The Bertz CT molecular complexity index is 1380. The van der Waals surface area contributed by atoms with E-state index in [4.69, 9.17) is 14.2 Å². The number of aliphatic hydroxyl groups excluding tert-OH is 1. The van der Waals surface area contributed by atoms with Gasteiger partial charge in [0.15, 0.2) is 0 Å². The van der Waals surface area contributed by atoms with Crippen LogP contribution in [0.25, 0.3) is 10.9 Å². The number of carbonyl (C=O) groups is 2. The first-order valence-electron chi connectivity index (χ1n) is 13.6. The Morgan fingerprint density at radius 3 is 2.55 bits per heavy atom. The quantitative estimate of drug-likeness (QED) is 0.384. The standard InChI is InChI=1S/C31H37N3O6/c1-5-38-29(36)19-34-25(15-23-7-6-21(17-32)14-28(23)34)16-24(20-35)22-8-10-26(11-9-22)39-27-12-13-33(18-27)30(37)40-31(2,3)4/h6-11,14-15,24,27,35H,5,12-13,16,18-20H2,1-4H3/t24?,27-/m0/s1. The molecule has 1 fully saturated rings. The molecule has 9 heteroatoms. The van der Waals surface area contributed by atoms with E-state index >= 15 is 0 Å². The van der Waals surface area contributed by atoms with Gasteiger partial charge in [0.1, 0.15) is 24.0 Å². The largest absolute Gasteiger partial charge is 0.489 e. The minimum Gasteiger partial charge on any atom is -0.489 e. The molecule has 1 amide bonds. The van der Waals surface area contributed by atoms with E-state index in [1.54, 1.807) is 24.0 Å². The van der Waals surface area contributed by atoms with E-state index in [1.165, 1.54) is 0 Å². The van der Waals surface area contributed by atoms with Gasteiger partial charge in [-0.25, -0.2) is 4.79 Å². The average molecular weight is 548 g/mol. The van der Waals surface area contributed by atoms with Crippen LogP contribution in [0.2, 0.25) is 0 Å². The van der Waals surface area contributed by atoms with Gasteiger partial charge < -0.3 is 28.8 Å². The second-order valence-electron chi connectivity index (χ2n) is 11.0. The zero-order chi connectivity index (χ0) is 28.9. The van der Waals surface area contributed by atoms with Crippen molar-refractivity contribution >= 4 is 23.0 Å². The molecule has 1 saturated heterocycles. The number of aromatic nitrogens is 1. The summed E-state index contributed by atoms with van der Waals surface area (Å²) in [6, 6.07) is 17.2. The van der Waals surface area contributed by atoms with Gasteiger partial charge in [-0.3, -0.25) is 4.79 Å². The van der Waals surface area contributed by atoms with Crippen molar-refractivity contribution in [3.63, 3.8) is 0 Å². The summed E-state index contributed by atoms with van der Waals surface area (Å²) in [6.07, 6.45) is 0.756. The number of esters is 1. The average Bonchev–Trinajstić information content (AvgIpc) is 3.51. The van der Waals surface area contributed by atoms with Crippen LogP contribution in [-0.2, 0) is 27.2 Å². The molecule has 2 atom stereocenters. The van der Waals surface area contributed by atoms with Crippen LogP contribution >= 0.6 is 0 Å². The van der Waals surface area contributed by atoms with Crippen LogP contribution < -0.4 is 4.74 Å². The van der Waals surface area contributed by atoms with Crippen LogP contribution in [-0.4, -0.2) is 64.6 Å². The number of ether oxygens (including phenoxy) is 3. The van der Waals surface area contributed by atoms with Crippen LogP contribution in [0.3, 0.4) is 0 Å². The predicted molar refractivity (Wildman–Crippen MR) is 150 cm³/mol. The molecule has 0 aliphatic carbocycles. The number of nitrogens with zero attached hydrogens (tertiary/aromatic N) is 3. The lowest BCUT2D eigenvalue weighted by Crippen LogP contribution is -2.36. The summed E-state index contributed by atoms with van der Waals surface area (Å²) in [5.41, 5.74) is 2.54. The van der Waals surface area contributed by atoms with Crippen LogP contribution in [0.4, 0.5) is 4.79 Å². The zero-order valence-electron chi connectivity index (χ0n) is 23.6. The predicted octanol–water partition coefficient (Wildman–Crippen LogP) is 4.78. The summed E-state index contributed by atoms with van der Waals surface area (Å²) in [6.45, 7) is 8.58. The fourth-order valence-corrected chi connectivity index (χ4v) is 4.94. The molecule has 2 aromatic carbocycles. The first-order chi connectivity index (χ1) is 19.1. The van der Waals surface area contributed by atoms with Crippen molar-refractivity contribution in [1.29, 1.82) is 5.26 Å². The lowest BCUT2D eigenvalue weighted by atomic mass is 9.95. The van der Waals surface area contributed by atoms with Gasteiger partial charge in [-0.05, 0) is 75.4 Å². The topological polar surface area (TPSA) is 114 Å². The van der Waals surface area contributed by atoms with Crippen molar-refractivity contribution in [1.82, 2.24) is 9.47 Å². The van der Waals surface area contributed by atoms with E-state index in [-0.39, 0.29) is 43.8 Å². The molecular formula is C31H37N3O6. The molecular weight excluding hydrogens is 510 g/mol. The molecule has 1 unspecified atom stereocenters. The molecule has 2 heterocycles. The van der Waals surface area contributed by atoms with E-state index in [2.05, 4.69) is 6.07 Å². The number of likely N-dealkylation sites (tertiary alicyclic amines) is 1. The highest BCUT2D eigenvalue weighted by Gasteiger charge is 2.31. The van der Waals surface area contributed by atoms with Crippen molar-refractivity contribution < 1.29 is 28.9 Å². The van der Waals surface area contributed by atoms with Gasteiger partial charge in [-0.1, -0.05) is 18.2 Å². The summed E-state index contributed by atoms with van der Waals surface area (Å²) in [7, 11) is 0. The molecule has 1 aliphatic rings. The SMILES string of the molecule is CCOC(=O)Cn1c(CC(CO)c2ccc(O[C@H]3CCN(C(=O)OC(C)(C)C)C3)cc2)cc2ccc(C#N)cc21. The zero-order valence-corrected chi connectivity index (χ0v) is 23.6. The molecule has 0 bridgehead atoms. The number of rotatable bonds is 9. The Morgan fingerprint density at radius 2 is 1.90 bits per heavy atom. The van der Waals surface area contributed by atoms with Crippen LogP contribution in [0.5, 0.6) is 5.75 Å². The highest BCUT2D eigenvalue weighted by molar-refractivity contribution is 5.84. The number of nitriles is 1. The Hall–Kier alpha value is -4.03. The van der Waals surface area contributed by atoms with Gasteiger partial charge in [0.05, 0.1) is 36.9 Å². The van der Waals surface area contributed by atoms with Crippen molar-refractivity contribution in [2.75, 3.05) is 26.3 Å². The number of aliphatic hydroxyl groups is 1. The number of hydrogen-bond donors (Lipinski definition) is 1. The summed E-state index contributed by atoms with van der Waals surface area (Å²) in [5.74, 6) is 0.114. The Morgan fingerprint density at radius 1 is 1.15 bits per heavy atom. The Kier molecular flexibility index (Phi) is 9.00. The molecule has 0 spiro atoms. The summed E-state index contributed by atoms with van der Waals surface area (Å²) in [5, 5.41) is 20.6. The van der Waals surface area contributed by atoms with Crippen molar-refractivity contribution in [2.45, 2.75) is 64.7 Å². The van der Waals surface area contributed by atoms with Gasteiger partial charge in [-0.15, -0.1) is 0 Å². The lowest BCUT2D eigenvalue weighted by molar-refractivity contribution is -0.143. The van der Waals surface area contributed by atoms with E-state index in [1.807, 2.05) is 61.7 Å². The van der Waals surface area contributed by atoms with E-state index in [9.17, 15) is 20.0 Å². The number of carbonyl (C=O) groups excluding carboxylic acids is 2. The van der Waals surface area contributed by atoms with Gasteiger partial charge in [0, 0.05) is 24.6 Å². The first kappa shape index (κ1) is 29.0. The lowest BCUT2D eigenvalue weighted by Gasteiger charge is -2.24. The molecule has 212 valence electrons. The second-order valence-corrected chi connectivity index (χ2v) is 11.0. The molecule has 9 nitrogen and oxygen atoms in total. The molecule has 3 aromatic rings. The summed E-state index contributed by atoms with van der Waals surface area (Å²) >= 11 is 0. The van der Waals surface area contributed by atoms with Gasteiger partial charge >= 0.3 is 12.1 Å². The highest BCUT2D eigenvalue weighted by atomic mass is 16.6. The molecule has 1 aromatic heterocycles. The highest BCUT2D eigenvalue weighted by Crippen LogP contribution is 2.29. The summed E-state index contributed by atoms with van der Waals surface area (Å²) in [4.78, 5) is 26.4. The Labute approximate surface area is 234 Å². The van der Waals surface area contributed by atoms with Crippen LogP contribution in [0, 0.1) is 11.3 Å². The van der Waals surface area contributed by atoms with Crippen molar-refractivity contribution in [3.05, 3.63) is 65.4 Å².